The number of nitrogens with one attached hydrogen (secondary N) is 4. The van der Waals surface area contributed by atoms with Crippen molar-refractivity contribution < 1.29 is 38.4 Å². The molecule has 0 aromatic rings. The van der Waals surface area contributed by atoms with Crippen LogP contribution >= 0.6 is 12.6 Å². The Kier molecular flexibility index (Phi) is 11.8. The number of hydrogen-bond donors (Lipinski definition) is 8. The quantitative estimate of drug-likeness (QED) is 0.0874. The highest BCUT2D eigenvalue weighted by atomic mass is 32.2. The average molecular weight is 486 g/mol. The molecule has 0 radical (unpaired) electrons. The number of primary amides is 1. The van der Waals surface area contributed by atoms with Crippen molar-refractivity contribution in [2.75, 3.05) is 24.6 Å². The van der Waals surface area contributed by atoms with Crippen LogP contribution in [0.2, 0.25) is 1.41 Å². The van der Waals surface area contributed by atoms with E-state index < -0.39 is 70.1 Å². The van der Waals surface area contributed by atoms with Gasteiger partial charge in [-0.2, -0.15) is 21.0 Å². The Morgan fingerprint density at radius 2 is 1.74 bits per heavy atom. The lowest BCUT2D eigenvalue weighted by Crippen LogP contribution is -2.54. The monoisotopic (exact) mass is 485 g/mol. The fraction of sp³-hybridized carbons (Fsp3) is 0.667. The van der Waals surface area contributed by atoms with E-state index in [1.54, 1.807) is 0 Å². The van der Waals surface area contributed by atoms with Gasteiger partial charge in [-0.05, 0) is 13.3 Å². The fourth-order valence-electron chi connectivity index (χ4n) is 1.93. The van der Waals surface area contributed by atoms with Crippen molar-refractivity contribution in [2.45, 2.75) is 37.9 Å². The predicted molar refractivity (Wildman–Crippen MR) is 112 cm³/mol. The first-order valence-electron chi connectivity index (χ1n) is 9.41. The third kappa shape index (κ3) is 13.5. The smallest absolute Gasteiger partial charge is 0.266 e. The van der Waals surface area contributed by atoms with Crippen molar-refractivity contribution in [1.82, 2.24) is 21.3 Å². The molecule has 0 heterocycles. The molecule has 0 aliphatic heterocycles. The fourth-order valence-corrected chi connectivity index (χ4v) is 2.44. The summed E-state index contributed by atoms with van der Waals surface area (Å²) in [6, 6.07) is -3.69. The summed E-state index contributed by atoms with van der Waals surface area (Å²) >= 11 is 3.84. The number of nitrogens with two attached hydrogens (primary N) is 2. The van der Waals surface area contributed by atoms with Crippen LogP contribution in [0.5, 0.6) is 0 Å². The second-order valence-corrected chi connectivity index (χ2v) is 8.28. The van der Waals surface area contributed by atoms with Crippen LogP contribution in [0.1, 0.15) is 19.8 Å². The zero-order valence-corrected chi connectivity index (χ0v) is 18.4. The van der Waals surface area contributed by atoms with Crippen molar-refractivity contribution in [3.05, 3.63) is 0 Å². The van der Waals surface area contributed by atoms with E-state index in [-0.39, 0.29) is 25.1 Å². The molecular formula is C15H28N6O8S2. The first-order chi connectivity index (χ1) is 14.7. The van der Waals surface area contributed by atoms with Gasteiger partial charge in [-0.25, -0.2) is 0 Å². The predicted octanol–water partition coefficient (Wildman–Crippen LogP) is -4.38. The summed E-state index contributed by atoms with van der Waals surface area (Å²) in [7, 11) is -4.23. The molecule has 16 heteroatoms. The Hall–Kier alpha value is -2.43. The molecule has 0 saturated carbocycles. The highest BCUT2D eigenvalue weighted by Crippen LogP contribution is 1.99. The highest BCUT2D eigenvalue weighted by molar-refractivity contribution is 7.85. The topological polar surface area (TPSA) is 240 Å². The van der Waals surface area contributed by atoms with Gasteiger partial charge >= 0.3 is 0 Å². The Morgan fingerprint density at radius 3 is 2.26 bits per heavy atom. The summed E-state index contributed by atoms with van der Waals surface area (Å²) in [5, 5.41) is 6.97. The lowest BCUT2D eigenvalue weighted by Gasteiger charge is -2.20. The van der Waals surface area contributed by atoms with Crippen molar-refractivity contribution in [2.24, 2.45) is 11.5 Å². The van der Waals surface area contributed by atoms with Gasteiger partial charge in [-0.15, -0.1) is 0 Å². The molecule has 9 N–H and O–H groups in total. The maximum atomic E-state index is 12.2. The lowest BCUT2D eigenvalue weighted by atomic mass is 10.1. The van der Waals surface area contributed by atoms with E-state index in [1.807, 2.05) is 0 Å². The van der Waals surface area contributed by atoms with Gasteiger partial charge in [-0.1, -0.05) is 0 Å². The molecule has 0 bridgehead atoms. The van der Waals surface area contributed by atoms with Crippen LogP contribution < -0.4 is 32.7 Å². The van der Waals surface area contributed by atoms with Crippen molar-refractivity contribution in [3.63, 3.8) is 0 Å². The first kappa shape index (κ1) is 26.6. The maximum Gasteiger partial charge on any atom is 0.266 e. The van der Waals surface area contributed by atoms with Crippen LogP contribution in [0.25, 0.3) is 0 Å². The van der Waals surface area contributed by atoms with E-state index in [0.717, 1.165) is 0 Å². The van der Waals surface area contributed by atoms with Crippen LogP contribution in [-0.4, -0.2) is 85.2 Å². The number of carbonyl (C=O) groups excluding carboxylic acids is 5. The maximum absolute atomic E-state index is 12.2. The van der Waals surface area contributed by atoms with E-state index >= 15 is 0 Å². The van der Waals surface area contributed by atoms with Gasteiger partial charge < -0.3 is 32.7 Å². The van der Waals surface area contributed by atoms with Gasteiger partial charge in [0.2, 0.25) is 29.5 Å². The molecule has 14 nitrogen and oxygen atoms in total. The Bertz CT molecular complexity index is 812. The van der Waals surface area contributed by atoms with E-state index in [4.69, 9.17) is 17.4 Å². The van der Waals surface area contributed by atoms with Crippen LogP contribution in [0.3, 0.4) is 0 Å². The molecule has 3 atom stereocenters. The van der Waals surface area contributed by atoms with Crippen LogP contribution in [0.4, 0.5) is 0 Å². The Balaban J connectivity index is 4.58. The number of rotatable bonds is 14. The van der Waals surface area contributed by atoms with E-state index in [2.05, 4.69) is 28.6 Å². The summed E-state index contributed by atoms with van der Waals surface area (Å²) < 4.78 is 37.3. The third-order valence-corrected chi connectivity index (χ3v) is 4.78. The van der Waals surface area contributed by atoms with E-state index in [0.29, 0.717) is 5.31 Å². The van der Waals surface area contributed by atoms with Gasteiger partial charge in [0.1, 0.15) is 12.1 Å². The second kappa shape index (κ2) is 13.8. The lowest BCUT2D eigenvalue weighted by molar-refractivity contribution is -0.131. The van der Waals surface area contributed by atoms with Crippen LogP contribution in [-0.2, 0) is 34.1 Å². The van der Waals surface area contributed by atoms with Crippen molar-refractivity contribution in [3.8, 4) is 0 Å². The molecule has 5 amide bonds. The summed E-state index contributed by atoms with van der Waals surface area (Å²) in [5.74, 6) is -4.80. The zero-order chi connectivity index (χ0) is 25.1. The molecule has 0 unspecified atom stereocenters. The van der Waals surface area contributed by atoms with E-state index in [9.17, 15) is 32.4 Å². The molecular weight excluding hydrogens is 456 g/mol. The minimum absolute atomic E-state index is 0.0415. The minimum Gasteiger partial charge on any atom is -0.368 e. The molecule has 0 rings (SSSR count). The summed E-state index contributed by atoms with van der Waals surface area (Å²) in [6.07, 6.45) is -0.541. The van der Waals surface area contributed by atoms with Gasteiger partial charge in [0.05, 0.1) is 18.3 Å². The summed E-state index contributed by atoms with van der Waals surface area (Å²) in [4.78, 5) is 59.0. The molecule has 0 aliphatic rings. The molecule has 178 valence electrons. The number of hydrogen-bond acceptors (Lipinski definition) is 9. The van der Waals surface area contributed by atoms with Crippen LogP contribution in [0.15, 0.2) is 0 Å². The summed E-state index contributed by atoms with van der Waals surface area (Å²) in [6.45, 7) is 0.392. The minimum atomic E-state index is -4.23. The number of amides is 5. The molecule has 0 aromatic heterocycles. The van der Waals surface area contributed by atoms with Gasteiger partial charge in [-0.3, -0.25) is 28.5 Å². The van der Waals surface area contributed by atoms with Crippen molar-refractivity contribution in [1.29, 1.82) is 0 Å². The molecule has 31 heavy (non-hydrogen) atoms. The van der Waals surface area contributed by atoms with E-state index in [1.165, 1.54) is 6.92 Å². The zero-order valence-electron chi connectivity index (χ0n) is 17.7. The SMILES string of the molecule is [2H]N(C(=O)[C@@H](N)CS)[C@@H](C)C(=O)N[C@@H](CCC(=O)NCC(=O)NCCS(=O)(=O)O)C(N)=O. The molecule has 0 fully saturated rings. The summed E-state index contributed by atoms with van der Waals surface area (Å²) in [5.41, 5.74) is 10.7. The standard InChI is InChI=1S/C15H28N6O8S2/c1-8(20-15(26)9(16)7-30)14(25)21-10(13(17)24)2-3-11(22)19-6-12(23)18-4-5-31(27,28)29/h8-10,30H,2-7,16H2,1H3,(H2,17,24)(H,18,23)(H,19,22)(H,20,26)(H,21,25)(H,27,28,29)/t8-,9-,10-/m0/s1/i/hD. The van der Waals surface area contributed by atoms with Crippen molar-refractivity contribution >= 4 is 52.3 Å². The molecule has 0 aliphatic carbocycles. The third-order valence-electron chi connectivity index (χ3n) is 3.66. The van der Waals surface area contributed by atoms with Gasteiger partial charge in [0.25, 0.3) is 10.1 Å². The second-order valence-electron chi connectivity index (χ2n) is 6.35. The van der Waals surface area contributed by atoms with Gasteiger partial charge in [0, 0.05) is 18.7 Å². The average Bonchev–Trinajstić information content (AvgIpc) is 2.71. The highest BCUT2D eigenvalue weighted by Gasteiger charge is 2.24. The van der Waals surface area contributed by atoms with Crippen LogP contribution in [0, 0.1) is 0 Å². The largest absolute Gasteiger partial charge is 0.368 e. The number of thiol groups is 1. The Morgan fingerprint density at radius 1 is 1.13 bits per heavy atom. The molecule has 0 aromatic carbocycles. The normalized spacial score (nSPS) is 14.4. The number of carbonyl (C=O) groups is 5. The van der Waals surface area contributed by atoms with Gasteiger partial charge in [0.15, 0.2) is 1.41 Å². The Labute approximate surface area is 186 Å². The molecule has 0 saturated heterocycles. The molecule has 0 spiro atoms. The first-order valence-corrected chi connectivity index (χ1v) is 11.2.